The van der Waals surface area contributed by atoms with Crippen molar-refractivity contribution in [2.75, 3.05) is 13.7 Å². The van der Waals surface area contributed by atoms with Gasteiger partial charge >= 0.3 is 23.9 Å². The largest absolute Gasteiger partial charge is 0.465 e. The van der Waals surface area contributed by atoms with Crippen molar-refractivity contribution in [2.24, 2.45) is 0 Å². The fourth-order valence-corrected chi connectivity index (χ4v) is 5.11. The van der Waals surface area contributed by atoms with Crippen molar-refractivity contribution >= 4 is 45.3 Å². The molecule has 0 radical (unpaired) electrons. The first kappa shape index (κ1) is 28.9. The van der Waals surface area contributed by atoms with Crippen LogP contribution in [0.3, 0.4) is 0 Å². The Labute approximate surface area is 222 Å². The lowest BCUT2D eigenvalue weighted by Crippen LogP contribution is -2.54. The molecule has 3 rings (SSSR count). The predicted octanol–water partition coefficient (Wildman–Crippen LogP) is 2.66. The monoisotopic (exact) mass is 548 g/mol. The topological polar surface area (TPSA) is 144 Å². The van der Waals surface area contributed by atoms with Gasteiger partial charge in [0.15, 0.2) is 6.10 Å². The number of rotatable bonds is 9. The second-order valence-corrected chi connectivity index (χ2v) is 9.46. The van der Waals surface area contributed by atoms with Crippen molar-refractivity contribution in [2.45, 2.75) is 64.3 Å². The summed E-state index contributed by atoms with van der Waals surface area (Å²) in [5.41, 5.74) is 0.502. The molecular weight excluding hydrogens is 520 g/mol. The Morgan fingerprint density at radius 1 is 1.16 bits per heavy atom. The summed E-state index contributed by atoms with van der Waals surface area (Å²) in [4.78, 5) is 47.5. The molecule has 1 aliphatic rings. The predicted molar refractivity (Wildman–Crippen MR) is 133 cm³/mol. The first-order chi connectivity index (χ1) is 18.0. The van der Waals surface area contributed by atoms with Crippen LogP contribution in [0.2, 0.25) is 0 Å². The van der Waals surface area contributed by atoms with Gasteiger partial charge in [-0.05, 0) is 17.7 Å². The molecule has 1 aromatic heterocycles. The highest BCUT2D eigenvalue weighted by Gasteiger charge is 2.44. The molecule has 12 heteroatoms. The first-order valence-electron chi connectivity index (χ1n) is 11.6. The van der Waals surface area contributed by atoms with E-state index >= 15 is 0 Å². The van der Waals surface area contributed by atoms with Crippen LogP contribution in [0.1, 0.15) is 55.0 Å². The van der Waals surface area contributed by atoms with Crippen LogP contribution >= 0.6 is 11.3 Å². The molecular formula is C26H28O11S. The first-order valence-corrected chi connectivity index (χ1v) is 12.4. The molecule has 0 spiro atoms. The maximum atomic E-state index is 12.2. The van der Waals surface area contributed by atoms with Gasteiger partial charge in [0.05, 0.1) is 24.3 Å². The molecule has 0 aliphatic carbocycles. The summed E-state index contributed by atoms with van der Waals surface area (Å²) in [6.07, 6.45) is 0.375. The highest BCUT2D eigenvalue weighted by atomic mass is 32.1. The van der Waals surface area contributed by atoms with E-state index in [0.29, 0.717) is 21.4 Å². The number of carbonyl (C=O) groups excluding carboxylic acids is 4. The van der Waals surface area contributed by atoms with Crippen molar-refractivity contribution in [3.8, 4) is 18.1 Å². The van der Waals surface area contributed by atoms with Crippen molar-refractivity contribution in [3.63, 3.8) is 0 Å². The molecule has 0 bridgehead atoms. The van der Waals surface area contributed by atoms with Gasteiger partial charge in [-0.15, -0.1) is 23.7 Å². The van der Waals surface area contributed by atoms with Gasteiger partial charge in [-0.2, -0.15) is 0 Å². The van der Waals surface area contributed by atoms with E-state index in [1.807, 2.05) is 0 Å². The normalized spacial score (nSPS) is 21.6. The van der Waals surface area contributed by atoms with Crippen LogP contribution in [-0.4, -0.2) is 67.3 Å². The zero-order valence-corrected chi connectivity index (χ0v) is 22.1. The zero-order chi connectivity index (χ0) is 28.0. The van der Waals surface area contributed by atoms with E-state index in [1.54, 1.807) is 18.2 Å². The lowest BCUT2D eigenvalue weighted by atomic mass is 10.0. The van der Waals surface area contributed by atoms with Gasteiger partial charge in [0.2, 0.25) is 6.29 Å². The number of aliphatic hydroxyl groups excluding tert-OH is 1. The van der Waals surface area contributed by atoms with Gasteiger partial charge in [0, 0.05) is 32.6 Å². The van der Waals surface area contributed by atoms with Crippen LogP contribution in [0, 0.1) is 12.3 Å². The van der Waals surface area contributed by atoms with E-state index in [4.69, 9.17) is 34.8 Å². The highest BCUT2D eigenvalue weighted by Crippen LogP contribution is 2.40. The Balaban J connectivity index is 1.98. The molecule has 38 heavy (non-hydrogen) atoms. The van der Waals surface area contributed by atoms with Crippen molar-refractivity contribution in [1.29, 1.82) is 0 Å². The van der Waals surface area contributed by atoms with Crippen LogP contribution in [0.15, 0.2) is 18.2 Å². The zero-order valence-electron chi connectivity index (χ0n) is 21.3. The van der Waals surface area contributed by atoms with Crippen molar-refractivity contribution in [3.05, 3.63) is 28.6 Å². The molecule has 1 saturated heterocycles. The molecule has 0 saturated carbocycles. The molecule has 1 unspecified atom stereocenters. The Morgan fingerprint density at radius 3 is 2.47 bits per heavy atom. The fraction of sp³-hybridized carbons (Fsp3) is 0.462. The molecule has 2 heterocycles. The van der Waals surface area contributed by atoms with Gasteiger partial charge in [0.25, 0.3) is 0 Å². The molecule has 1 aromatic carbocycles. The molecule has 1 aliphatic heterocycles. The molecule has 11 nitrogen and oxygen atoms in total. The summed E-state index contributed by atoms with van der Waals surface area (Å²) in [5.74, 6) is 0.312. The van der Waals surface area contributed by atoms with Gasteiger partial charge in [-0.25, -0.2) is 4.79 Å². The molecule has 2 aromatic rings. The van der Waals surface area contributed by atoms with Crippen LogP contribution in [0.4, 0.5) is 0 Å². The number of methoxy groups -OCH3 is 1. The Kier molecular flexibility index (Phi) is 9.68. The minimum absolute atomic E-state index is 0.0215. The second kappa shape index (κ2) is 12.7. The molecule has 204 valence electrons. The molecule has 0 amide bonds. The van der Waals surface area contributed by atoms with Crippen LogP contribution in [-0.2, 0) is 38.1 Å². The lowest BCUT2D eigenvalue weighted by molar-refractivity contribution is -0.245. The van der Waals surface area contributed by atoms with Gasteiger partial charge < -0.3 is 33.5 Å². The highest BCUT2D eigenvalue weighted by molar-refractivity contribution is 7.21. The number of hydrogen-bond acceptors (Lipinski definition) is 12. The number of ether oxygens (including phenoxy) is 6. The quantitative estimate of drug-likeness (QED) is 0.281. The number of terminal acetylenes is 1. The van der Waals surface area contributed by atoms with Crippen LogP contribution in [0.5, 0.6) is 5.75 Å². The number of benzene rings is 1. The van der Waals surface area contributed by atoms with E-state index in [1.165, 1.54) is 27.9 Å². The van der Waals surface area contributed by atoms with Gasteiger partial charge in [0.1, 0.15) is 29.4 Å². The summed E-state index contributed by atoms with van der Waals surface area (Å²) in [7, 11) is 1.26. The smallest absolute Gasteiger partial charge is 0.348 e. The summed E-state index contributed by atoms with van der Waals surface area (Å²) in [6.45, 7) is 3.33. The summed E-state index contributed by atoms with van der Waals surface area (Å²) in [6, 6.07) is 4.80. The minimum Gasteiger partial charge on any atom is -0.465 e. The van der Waals surface area contributed by atoms with Gasteiger partial charge in [-0.1, -0.05) is 6.07 Å². The third kappa shape index (κ3) is 7.00. The standard InChI is InChI=1S/C26H28O11S/c1-6-7-18(30)16-8-9-19(25-17(16)10-22(38-25)26(31)32-5)36-23-11-20(34-14(3)28)24(35-15(4)29)21(37-23)12-33-13(2)27/h1,8-10,18,20-21,23-24,30H,7,11-12H2,2-5H3/t18?,20-,21-,23-,24-/m1/s1. The summed E-state index contributed by atoms with van der Waals surface area (Å²) in [5, 5.41) is 11.1. The van der Waals surface area contributed by atoms with Crippen LogP contribution < -0.4 is 4.74 Å². The van der Waals surface area contributed by atoms with Crippen molar-refractivity contribution < 1.29 is 52.7 Å². The van der Waals surface area contributed by atoms with E-state index in [-0.39, 0.29) is 24.3 Å². The maximum Gasteiger partial charge on any atom is 0.348 e. The third-order valence-electron chi connectivity index (χ3n) is 5.55. The van der Waals surface area contributed by atoms with E-state index in [9.17, 15) is 24.3 Å². The number of fused-ring (bicyclic) bond motifs is 1. The number of carbonyl (C=O) groups is 4. The summed E-state index contributed by atoms with van der Waals surface area (Å²) >= 11 is 1.09. The molecule has 1 N–H and O–H groups in total. The Morgan fingerprint density at radius 2 is 1.87 bits per heavy atom. The summed E-state index contributed by atoms with van der Waals surface area (Å²) < 4.78 is 33.3. The number of esters is 4. The molecule has 5 atom stereocenters. The molecule has 1 fully saturated rings. The average molecular weight is 549 g/mol. The third-order valence-corrected chi connectivity index (χ3v) is 6.68. The van der Waals surface area contributed by atoms with Gasteiger partial charge in [-0.3, -0.25) is 14.4 Å². The van der Waals surface area contributed by atoms with E-state index in [0.717, 1.165) is 11.3 Å². The average Bonchev–Trinajstić information content (AvgIpc) is 3.29. The minimum atomic E-state index is -1.05. The number of thiophene rings is 1. The second-order valence-electron chi connectivity index (χ2n) is 8.40. The number of hydrogen-bond donors (Lipinski definition) is 1. The Bertz CT molecular complexity index is 1240. The SMILES string of the molecule is C#CCC(O)c1ccc(O[C@H]2C[C@@H](OC(C)=O)[C@@H](OC(C)=O)[C@@H](COC(C)=O)O2)c2sc(C(=O)OC)cc12. The number of aliphatic hydroxyl groups is 1. The van der Waals surface area contributed by atoms with E-state index in [2.05, 4.69) is 5.92 Å². The Hall–Kier alpha value is -3.66. The maximum absolute atomic E-state index is 12.2. The van der Waals surface area contributed by atoms with Crippen molar-refractivity contribution in [1.82, 2.24) is 0 Å². The van der Waals surface area contributed by atoms with E-state index < -0.39 is 54.6 Å². The van der Waals surface area contributed by atoms with Crippen LogP contribution in [0.25, 0.3) is 10.1 Å². The lowest BCUT2D eigenvalue weighted by Gasteiger charge is -2.39. The fourth-order valence-electron chi connectivity index (χ4n) is 4.04.